The molecule has 4 atom stereocenters. The lowest BCUT2D eigenvalue weighted by molar-refractivity contribution is -0.197. The van der Waals surface area contributed by atoms with Crippen LogP contribution >= 0.6 is 21.6 Å². The first-order chi connectivity index (χ1) is 35.2. The lowest BCUT2D eigenvalue weighted by Gasteiger charge is -2.35. The molecule has 5 aromatic rings. The first kappa shape index (κ1) is 49.8. The molecule has 6 heterocycles. The Morgan fingerprint density at radius 2 is 1.47 bits per heavy atom. The summed E-state index contributed by atoms with van der Waals surface area (Å²) in [5, 5.41) is -1.08. The maximum Gasteiger partial charge on any atom is 0.351 e. The van der Waals surface area contributed by atoms with Gasteiger partial charge in [0.25, 0.3) is 23.6 Å². The van der Waals surface area contributed by atoms with Gasteiger partial charge in [-0.05, 0) is 86.7 Å². The number of carbonyl (C=O) groups excluding carboxylic acids is 5. The number of aryl methyl sites for hydroxylation is 1. The van der Waals surface area contributed by atoms with E-state index in [9.17, 15) is 32.7 Å². The van der Waals surface area contributed by atoms with E-state index in [0.717, 1.165) is 33.8 Å². The topological polar surface area (TPSA) is 198 Å². The van der Waals surface area contributed by atoms with Crippen molar-refractivity contribution in [2.45, 2.75) is 88.2 Å². The standard InChI is InChI=1S/C53H52N6O11S3/c1-31-20-39-43(25-44(31)68-28-34-12-9-13-35(55-34)29-69-46-24-40-38(23-45(46)67-4)50(62)57-36(26-54-40)21-32-10-5-7-14-41(32)57)56(27-37-22-33-11-6-8-15-42(33)58(37)51(39)63)30-53(2,3)72-71-19-18-47(73(65)66)52(64)70-59-48(60)16-17-49(59)61/h5-15,20,23-26,36-37,47H,16-19,21-22,27-30H2,1-4H3,(H,65,66)/t36-,37-,47?/m0/s1. The molecule has 378 valence electrons. The third-order valence-corrected chi connectivity index (χ3v) is 17.6. The predicted molar refractivity (Wildman–Crippen MR) is 279 cm³/mol. The van der Waals surface area contributed by atoms with E-state index in [2.05, 4.69) is 24.8 Å². The van der Waals surface area contributed by atoms with Crippen LogP contribution in [0.4, 0.5) is 22.7 Å². The summed E-state index contributed by atoms with van der Waals surface area (Å²) in [6.07, 6.45) is 2.98. The second-order valence-electron chi connectivity index (χ2n) is 19.0. The van der Waals surface area contributed by atoms with Crippen LogP contribution in [-0.4, -0.2) is 103 Å². The van der Waals surface area contributed by atoms with Crippen molar-refractivity contribution < 1.29 is 51.8 Å². The predicted octanol–water partition coefficient (Wildman–Crippen LogP) is 7.98. The zero-order valence-electron chi connectivity index (χ0n) is 40.5. The molecule has 0 saturated carbocycles. The molecule has 1 fully saturated rings. The molecule has 0 aliphatic carbocycles. The van der Waals surface area contributed by atoms with Crippen molar-refractivity contribution in [3.63, 3.8) is 0 Å². The Bertz CT molecular complexity index is 3100. The molecule has 4 aromatic carbocycles. The van der Waals surface area contributed by atoms with Gasteiger partial charge in [-0.1, -0.05) is 64.1 Å². The van der Waals surface area contributed by atoms with Crippen LogP contribution in [0.5, 0.6) is 17.2 Å². The van der Waals surface area contributed by atoms with E-state index in [4.69, 9.17) is 29.0 Å². The number of rotatable bonds is 17. The number of hydroxylamine groups is 2. The fourth-order valence-electron chi connectivity index (χ4n) is 9.91. The van der Waals surface area contributed by atoms with E-state index in [0.29, 0.717) is 76.4 Å². The molecule has 1 N–H and O–H groups in total. The Balaban J connectivity index is 0.828. The summed E-state index contributed by atoms with van der Waals surface area (Å²) in [6.45, 7) is 7.32. The number of aliphatic imine (C=N–C) groups is 1. The van der Waals surface area contributed by atoms with Crippen LogP contribution in [0, 0.1) is 6.92 Å². The second-order valence-corrected chi connectivity index (χ2v) is 23.2. The summed E-state index contributed by atoms with van der Waals surface area (Å²) in [7, 11) is 4.50. The van der Waals surface area contributed by atoms with Crippen LogP contribution in [0.25, 0.3) is 0 Å². The van der Waals surface area contributed by atoms with Crippen molar-refractivity contribution >= 4 is 91.2 Å². The monoisotopic (exact) mass is 1040 g/mol. The molecular formula is C53H52N6O11S3. The van der Waals surface area contributed by atoms with Crippen molar-refractivity contribution in [3.8, 4) is 17.2 Å². The minimum Gasteiger partial charge on any atom is -0.493 e. The summed E-state index contributed by atoms with van der Waals surface area (Å²) in [6, 6.07) is 28.4. The Kier molecular flexibility index (Phi) is 14.1. The molecule has 4 amide bonds. The summed E-state index contributed by atoms with van der Waals surface area (Å²) in [4.78, 5) is 85.9. The van der Waals surface area contributed by atoms with E-state index in [1.54, 1.807) is 27.8 Å². The summed E-state index contributed by atoms with van der Waals surface area (Å²) < 4.78 is 40.2. The van der Waals surface area contributed by atoms with Gasteiger partial charge >= 0.3 is 5.97 Å². The fraction of sp³-hybridized carbons (Fsp3) is 0.340. The molecule has 1 saturated heterocycles. The zero-order valence-corrected chi connectivity index (χ0v) is 42.9. The van der Waals surface area contributed by atoms with Crippen molar-refractivity contribution in [1.82, 2.24) is 10.0 Å². The highest BCUT2D eigenvalue weighted by atomic mass is 33.1. The van der Waals surface area contributed by atoms with Gasteiger partial charge in [0, 0.05) is 72.6 Å². The number of aromatic nitrogens is 1. The number of imide groups is 1. The Morgan fingerprint density at radius 1 is 0.808 bits per heavy atom. The van der Waals surface area contributed by atoms with Crippen molar-refractivity contribution in [2.75, 3.05) is 40.7 Å². The summed E-state index contributed by atoms with van der Waals surface area (Å²) in [5.41, 5.74) is 8.23. The third-order valence-electron chi connectivity index (χ3n) is 13.3. The van der Waals surface area contributed by atoms with Gasteiger partial charge in [0.1, 0.15) is 19.0 Å². The number of benzene rings is 4. The second kappa shape index (κ2) is 20.6. The number of anilines is 3. The number of ether oxygens (including phenoxy) is 3. The quantitative estimate of drug-likeness (QED) is 0.0407. The van der Waals surface area contributed by atoms with E-state index in [1.165, 1.54) is 17.9 Å². The zero-order chi connectivity index (χ0) is 51.1. The molecule has 10 rings (SSSR count). The first-order valence-corrected chi connectivity index (χ1v) is 27.3. The van der Waals surface area contributed by atoms with Gasteiger partial charge in [0.15, 0.2) is 27.8 Å². The molecule has 0 spiro atoms. The van der Waals surface area contributed by atoms with E-state index in [1.807, 2.05) is 90.8 Å². The van der Waals surface area contributed by atoms with Crippen LogP contribution in [0.2, 0.25) is 0 Å². The number of amides is 4. The lowest BCUT2D eigenvalue weighted by atomic mass is 10.0. The molecule has 2 unspecified atom stereocenters. The van der Waals surface area contributed by atoms with E-state index in [-0.39, 0.29) is 62.1 Å². The number of nitrogens with zero attached hydrogens (tertiary/aromatic N) is 6. The first-order valence-electron chi connectivity index (χ1n) is 23.8. The van der Waals surface area contributed by atoms with Crippen LogP contribution in [0.1, 0.15) is 81.9 Å². The Morgan fingerprint density at radius 3 is 2.16 bits per heavy atom. The van der Waals surface area contributed by atoms with Crippen LogP contribution in [0.3, 0.4) is 0 Å². The molecule has 0 bridgehead atoms. The average Bonchev–Trinajstić information content (AvgIpc) is 3.99. The Hall–Kier alpha value is -6.74. The highest BCUT2D eigenvalue weighted by Gasteiger charge is 2.42. The number of pyridine rings is 1. The highest BCUT2D eigenvalue weighted by molar-refractivity contribution is 8.77. The van der Waals surface area contributed by atoms with Gasteiger partial charge in [-0.25, -0.2) is 9.00 Å². The van der Waals surface area contributed by atoms with Crippen LogP contribution < -0.4 is 28.9 Å². The van der Waals surface area contributed by atoms with Gasteiger partial charge in [-0.2, -0.15) is 0 Å². The maximum atomic E-state index is 14.7. The van der Waals surface area contributed by atoms with Gasteiger partial charge in [0.2, 0.25) is 0 Å². The maximum absolute atomic E-state index is 14.7. The molecule has 20 heteroatoms. The minimum atomic E-state index is -2.60. The molecule has 5 aliphatic heterocycles. The SMILES string of the molecule is COc1cc2c(cc1OCc1cccc(COc3cc4c(cc3C)C(=O)N3c5ccccc5C[C@H]3CN4CC(C)(C)SSCCC(C(=O)ON3C(=O)CCC3=O)S(=O)O)n1)N=C[C@@H]1Cc3ccccc3N1C2=O. The number of carbonyl (C=O) groups is 5. The molecule has 1 aromatic heterocycles. The number of hydrogen-bond donors (Lipinski definition) is 1. The minimum absolute atomic E-state index is 0.0368. The normalized spacial score (nSPS) is 18.5. The van der Waals surface area contributed by atoms with Crippen molar-refractivity contribution in [1.29, 1.82) is 0 Å². The van der Waals surface area contributed by atoms with Gasteiger partial charge in [-0.3, -0.25) is 34.1 Å². The van der Waals surface area contributed by atoms with Crippen LogP contribution in [0.15, 0.2) is 96.0 Å². The molecule has 17 nitrogen and oxygen atoms in total. The smallest absolute Gasteiger partial charge is 0.351 e. The number of fused-ring (bicyclic) bond motifs is 8. The average molecular weight is 1050 g/mol. The molecular weight excluding hydrogens is 993 g/mol. The van der Waals surface area contributed by atoms with Crippen molar-refractivity contribution in [3.05, 3.63) is 130 Å². The van der Waals surface area contributed by atoms with Gasteiger partial charge in [0.05, 0.1) is 53.1 Å². The van der Waals surface area contributed by atoms with E-state index >= 15 is 0 Å². The third kappa shape index (κ3) is 10.2. The number of para-hydroxylation sites is 2. The molecule has 73 heavy (non-hydrogen) atoms. The molecule has 5 aliphatic rings. The van der Waals surface area contributed by atoms with E-state index < -0.39 is 38.9 Å². The van der Waals surface area contributed by atoms with Crippen molar-refractivity contribution in [2.24, 2.45) is 4.99 Å². The number of hydrogen-bond acceptors (Lipinski definition) is 15. The summed E-state index contributed by atoms with van der Waals surface area (Å²) >= 11 is -2.60. The molecule has 0 radical (unpaired) electrons. The fourth-order valence-corrected chi connectivity index (χ4v) is 13.2. The van der Waals surface area contributed by atoms with Gasteiger partial charge < -0.3 is 33.4 Å². The summed E-state index contributed by atoms with van der Waals surface area (Å²) in [5.74, 6) is -1.02. The largest absolute Gasteiger partial charge is 0.493 e. The number of methoxy groups -OCH3 is 1. The lowest BCUT2D eigenvalue weighted by Crippen LogP contribution is -2.45. The Labute approximate surface area is 432 Å². The highest BCUT2D eigenvalue weighted by Crippen LogP contribution is 2.45. The van der Waals surface area contributed by atoms with Crippen LogP contribution in [-0.2, 0) is 56.4 Å². The van der Waals surface area contributed by atoms with Gasteiger partial charge in [-0.15, -0.1) is 5.06 Å².